The van der Waals surface area contributed by atoms with Crippen molar-refractivity contribution in [2.75, 3.05) is 7.11 Å². The first-order chi connectivity index (χ1) is 10.5. The first-order valence-corrected chi connectivity index (χ1v) is 7.19. The Labute approximate surface area is 130 Å². The largest absolute Gasteiger partial charge is 0.496 e. The summed E-state index contributed by atoms with van der Waals surface area (Å²) in [6.45, 7) is 0. The fourth-order valence-corrected chi connectivity index (χ4v) is 2.86. The second kappa shape index (κ2) is 6.90. The molecule has 7 nitrogen and oxygen atoms in total. The highest BCUT2D eigenvalue weighted by Crippen LogP contribution is 2.35. The maximum Gasteiger partial charge on any atom is 0.289 e. The number of rotatable bonds is 6. The van der Waals surface area contributed by atoms with Gasteiger partial charge in [0.1, 0.15) is 5.75 Å². The molecule has 0 spiro atoms. The Bertz CT molecular complexity index is 720. The van der Waals surface area contributed by atoms with Gasteiger partial charge in [-0.05, 0) is 12.1 Å². The number of hydrogen-bond acceptors (Lipinski definition) is 6. The Morgan fingerprint density at radius 2 is 1.82 bits per heavy atom. The summed E-state index contributed by atoms with van der Waals surface area (Å²) < 4.78 is 5.23. The predicted octanol–water partition coefficient (Wildman–Crippen LogP) is 3.80. The van der Waals surface area contributed by atoms with Gasteiger partial charge in [-0.25, -0.2) is 0 Å². The second-order valence-corrected chi connectivity index (χ2v) is 5.28. The summed E-state index contributed by atoms with van der Waals surface area (Å²) in [7, 11) is 1.55. The average molecular weight is 320 g/mol. The molecule has 2 aromatic rings. The SMILES string of the molecule is COc1ccccc1CSc1ccc([N+](=O)[O-])cc1[N+](=O)[O-]. The average Bonchev–Trinajstić information content (AvgIpc) is 2.52. The van der Waals surface area contributed by atoms with Crippen molar-refractivity contribution in [1.29, 1.82) is 0 Å². The number of ether oxygens (including phenoxy) is 1. The Balaban J connectivity index is 2.26. The molecular formula is C14H12N2O5S. The van der Waals surface area contributed by atoms with E-state index in [1.165, 1.54) is 23.9 Å². The quantitative estimate of drug-likeness (QED) is 0.456. The lowest BCUT2D eigenvalue weighted by molar-refractivity contribution is -0.396. The maximum atomic E-state index is 11.1. The molecule has 22 heavy (non-hydrogen) atoms. The zero-order chi connectivity index (χ0) is 16.1. The molecule has 114 valence electrons. The first kappa shape index (κ1) is 15.8. The molecule has 0 bridgehead atoms. The number of para-hydroxylation sites is 1. The number of nitro groups is 2. The van der Waals surface area contributed by atoms with Crippen LogP contribution in [0, 0.1) is 20.2 Å². The van der Waals surface area contributed by atoms with Crippen LogP contribution in [0.25, 0.3) is 0 Å². The highest BCUT2D eigenvalue weighted by molar-refractivity contribution is 7.98. The summed E-state index contributed by atoms with van der Waals surface area (Å²) in [4.78, 5) is 20.9. The van der Waals surface area contributed by atoms with Crippen LogP contribution < -0.4 is 4.74 Å². The van der Waals surface area contributed by atoms with Gasteiger partial charge in [0.05, 0.1) is 27.9 Å². The molecule has 0 saturated heterocycles. The van der Waals surface area contributed by atoms with Crippen LogP contribution in [0.15, 0.2) is 47.4 Å². The minimum absolute atomic E-state index is 0.269. The maximum absolute atomic E-state index is 11.1. The Hall–Kier alpha value is -2.61. The highest BCUT2D eigenvalue weighted by Gasteiger charge is 2.20. The van der Waals surface area contributed by atoms with E-state index >= 15 is 0 Å². The monoisotopic (exact) mass is 320 g/mol. The number of hydrogen-bond donors (Lipinski definition) is 0. The molecule has 0 aliphatic heterocycles. The number of thioether (sulfide) groups is 1. The van der Waals surface area contributed by atoms with Crippen LogP contribution in [0.5, 0.6) is 5.75 Å². The predicted molar refractivity (Wildman–Crippen MR) is 82.3 cm³/mol. The molecule has 0 aliphatic carbocycles. The molecule has 0 aromatic heterocycles. The van der Waals surface area contributed by atoms with Crippen molar-refractivity contribution >= 4 is 23.1 Å². The van der Waals surface area contributed by atoms with E-state index in [2.05, 4.69) is 0 Å². The molecule has 0 aliphatic rings. The number of methoxy groups -OCH3 is 1. The van der Waals surface area contributed by atoms with Gasteiger partial charge >= 0.3 is 0 Å². The van der Waals surface area contributed by atoms with Gasteiger partial charge in [0, 0.05) is 17.4 Å². The molecule has 0 amide bonds. The van der Waals surface area contributed by atoms with Crippen molar-refractivity contribution in [3.63, 3.8) is 0 Å². The highest BCUT2D eigenvalue weighted by atomic mass is 32.2. The van der Waals surface area contributed by atoms with E-state index in [9.17, 15) is 20.2 Å². The fourth-order valence-electron chi connectivity index (χ4n) is 1.86. The summed E-state index contributed by atoms with van der Waals surface area (Å²) in [5.74, 6) is 1.16. The summed E-state index contributed by atoms with van der Waals surface area (Å²) >= 11 is 1.23. The van der Waals surface area contributed by atoms with Crippen molar-refractivity contribution in [3.8, 4) is 5.75 Å². The van der Waals surface area contributed by atoms with Gasteiger partial charge in [-0.1, -0.05) is 18.2 Å². The zero-order valence-corrected chi connectivity index (χ0v) is 12.4. The zero-order valence-electron chi connectivity index (χ0n) is 11.6. The molecule has 8 heteroatoms. The molecule has 0 saturated carbocycles. The molecule has 2 rings (SSSR count). The van der Waals surface area contributed by atoms with Gasteiger partial charge in [-0.15, -0.1) is 11.8 Å². The summed E-state index contributed by atoms with van der Waals surface area (Å²) in [5.41, 5.74) is 0.324. The van der Waals surface area contributed by atoms with E-state index in [-0.39, 0.29) is 11.4 Å². The standard InChI is InChI=1S/C14H12N2O5S/c1-21-13-5-3-2-4-10(13)9-22-14-7-6-11(15(17)18)8-12(14)16(19)20/h2-8H,9H2,1H3. The number of benzene rings is 2. The van der Waals surface area contributed by atoms with Crippen LogP contribution in [-0.2, 0) is 5.75 Å². The van der Waals surface area contributed by atoms with E-state index in [4.69, 9.17) is 4.74 Å². The van der Waals surface area contributed by atoms with Crippen LogP contribution >= 0.6 is 11.8 Å². The molecule has 0 radical (unpaired) electrons. The fraction of sp³-hybridized carbons (Fsp3) is 0.143. The summed E-state index contributed by atoms with van der Waals surface area (Å²) in [6.07, 6.45) is 0. The summed E-state index contributed by atoms with van der Waals surface area (Å²) in [6, 6.07) is 11.0. The molecule has 0 fully saturated rings. The molecule has 0 heterocycles. The third-order valence-corrected chi connectivity index (χ3v) is 4.04. The van der Waals surface area contributed by atoms with Crippen molar-refractivity contribution in [2.45, 2.75) is 10.6 Å². The number of nitrogens with zero attached hydrogens (tertiary/aromatic N) is 2. The van der Waals surface area contributed by atoms with Crippen molar-refractivity contribution < 1.29 is 14.6 Å². The topological polar surface area (TPSA) is 95.5 Å². The van der Waals surface area contributed by atoms with Gasteiger partial charge in [0.25, 0.3) is 11.4 Å². The number of non-ortho nitro benzene ring substituents is 1. The third kappa shape index (κ3) is 3.53. The van der Waals surface area contributed by atoms with Crippen LogP contribution in [-0.4, -0.2) is 17.0 Å². The van der Waals surface area contributed by atoms with Crippen molar-refractivity contribution in [2.24, 2.45) is 0 Å². The lowest BCUT2D eigenvalue weighted by Crippen LogP contribution is -1.95. The normalized spacial score (nSPS) is 10.2. The van der Waals surface area contributed by atoms with E-state index in [1.54, 1.807) is 13.2 Å². The first-order valence-electron chi connectivity index (χ1n) is 6.20. The Kier molecular flexibility index (Phi) is 4.95. The molecule has 0 N–H and O–H groups in total. The van der Waals surface area contributed by atoms with Crippen LogP contribution in [0.1, 0.15) is 5.56 Å². The molecule has 2 aromatic carbocycles. The van der Waals surface area contributed by atoms with Gasteiger partial charge in [-0.3, -0.25) is 20.2 Å². The van der Waals surface area contributed by atoms with E-state index < -0.39 is 9.85 Å². The van der Waals surface area contributed by atoms with Gasteiger partial charge in [0.15, 0.2) is 0 Å². The van der Waals surface area contributed by atoms with Crippen LogP contribution in [0.4, 0.5) is 11.4 Å². The summed E-state index contributed by atoms with van der Waals surface area (Å²) in [5, 5.41) is 21.8. The molecular weight excluding hydrogens is 308 g/mol. The van der Waals surface area contributed by atoms with Crippen molar-refractivity contribution in [1.82, 2.24) is 0 Å². The minimum atomic E-state index is -0.651. The van der Waals surface area contributed by atoms with Gasteiger partial charge in [0.2, 0.25) is 0 Å². The lowest BCUT2D eigenvalue weighted by Gasteiger charge is -2.08. The molecule has 0 atom stereocenters. The third-order valence-electron chi connectivity index (χ3n) is 2.93. The van der Waals surface area contributed by atoms with E-state index in [0.29, 0.717) is 16.4 Å². The van der Waals surface area contributed by atoms with E-state index in [0.717, 1.165) is 11.6 Å². The Morgan fingerprint density at radius 1 is 1.09 bits per heavy atom. The van der Waals surface area contributed by atoms with Crippen molar-refractivity contribution in [3.05, 3.63) is 68.3 Å². The van der Waals surface area contributed by atoms with E-state index in [1.807, 2.05) is 18.2 Å². The van der Waals surface area contributed by atoms with Crippen LogP contribution in [0.3, 0.4) is 0 Å². The smallest absolute Gasteiger partial charge is 0.289 e. The Morgan fingerprint density at radius 3 is 2.45 bits per heavy atom. The lowest BCUT2D eigenvalue weighted by atomic mass is 10.2. The second-order valence-electron chi connectivity index (χ2n) is 4.27. The van der Waals surface area contributed by atoms with Crippen LogP contribution in [0.2, 0.25) is 0 Å². The number of nitro benzene ring substituents is 2. The van der Waals surface area contributed by atoms with Gasteiger partial charge < -0.3 is 4.74 Å². The minimum Gasteiger partial charge on any atom is -0.496 e. The van der Waals surface area contributed by atoms with Gasteiger partial charge in [-0.2, -0.15) is 0 Å². The molecule has 0 unspecified atom stereocenters.